The van der Waals surface area contributed by atoms with Gasteiger partial charge in [0, 0.05) is 17.0 Å². The van der Waals surface area contributed by atoms with Gasteiger partial charge in [0.15, 0.2) is 0 Å². The quantitative estimate of drug-likeness (QED) is 0.869. The molecule has 114 valence electrons. The fourth-order valence-electron chi connectivity index (χ4n) is 3.12. The van der Waals surface area contributed by atoms with Gasteiger partial charge in [-0.05, 0) is 39.7 Å². The van der Waals surface area contributed by atoms with E-state index in [0.29, 0.717) is 0 Å². The molecule has 0 bridgehead atoms. The van der Waals surface area contributed by atoms with Crippen LogP contribution in [0.4, 0.5) is 11.8 Å². The lowest BCUT2D eigenvalue weighted by Crippen LogP contribution is -2.37. The first-order chi connectivity index (χ1) is 10.1. The summed E-state index contributed by atoms with van der Waals surface area (Å²) in [6.07, 6.45) is 6.41. The smallest absolute Gasteiger partial charge is 0.226 e. The van der Waals surface area contributed by atoms with Crippen molar-refractivity contribution in [2.75, 3.05) is 17.2 Å². The van der Waals surface area contributed by atoms with Crippen LogP contribution < -0.4 is 10.6 Å². The normalized spacial score (nSPS) is 17.9. The number of hydrogen-bond donors (Lipinski definition) is 2. The zero-order valence-corrected chi connectivity index (χ0v) is 13.9. The number of nitrogens with one attached hydrogen (secondary N) is 2. The van der Waals surface area contributed by atoms with Crippen molar-refractivity contribution in [2.24, 2.45) is 0 Å². The molecule has 1 aliphatic rings. The minimum atomic E-state index is 0.166. The molecule has 0 radical (unpaired) electrons. The van der Waals surface area contributed by atoms with E-state index >= 15 is 0 Å². The molecule has 1 fully saturated rings. The summed E-state index contributed by atoms with van der Waals surface area (Å²) in [5.41, 5.74) is 0.166. The number of rotatable bonds is 4. The highest BCUT2D eigenvalue weighted by atomic mass is 32.1. The lowest BCUT2D eigenvalue weighted by molar-refractivity contribution is 0.349. The largest absolute Gasteiger partial charge is 0.364 e. The van der Waals surface area contributed by atoms with Gasteiger partial charge in [0.2, 0.25) is 5.95 Å². The van der Waals surface area contributed by atoms with Gasteiger partial charge in [0.25, 0.3) is 0 Å². The minimum absolute atomic E-state index is 0.166. The van der Waals surface area contributed by atoms with Crippen molar-refractivity contribution in [3.63, 3.8) is 0 Å². The maximum absolute atomic E-state index is 4.72. The standard InChI is InChI=1S/C16H24N4S/c1-4-17-15-18-13(12-10-11(2)21-14(12)19-15)20-16(3)8-6-5-7-9-16/h10H,4-9H2,1-3H3,(H2,17,18,19,20). The molecule has 0 aliphatic heterocycles. The Morgan fingerprint density at radius 3 is 2.71 bits per heavy atom. The maximum atomic E-state index is 4.72. The summed E-state index contributed by atoms with van der Waals surface area (Å²) in [6, 6.07) is 2.20. The number of nitrogens with zero attached hydrogens (tertiary/aromatic N) is 2. The molecule has 1 aliphatic carbocycles. The van der Waals surface area contributed by atoms with Crippen LogP contribution in [0.5, 0.6) is 0 Å². The van der Waals surface area contributed by atoms with E-state index in [4.69, 9.17) is 4.98 Å². The average molecular weight is 304 g/mol. The van der Waals surface area contributed by atoms with E-state index < -0.39 is 0 Å². The molecular weight excluding hydrogens is 280 g/mol. The van der Waals surface area contributed by atoms with Gasteiger partial charge < -0.3 is 10.6 Å². The molecule has 2 N–H and O–H groups in total. The number of hydrogen-bond acceptors (Lipinski definition) is 5. The molecule has 2 aromatic heterocycles. The Kier molecular flexibility index (Phi) is 4.02. The molecule has 0 spiro atoms. The Bertz CT molecular complexity index is 628. The minimum Gasteiger partial charge on any atom is -0.364 e. The van der Waals surface area contributed by atoms with Crippen molar-refractivity contribution >= 4 is 33.3 Å². The third-order valence-corrected chi connectivity index (χ3v) is 5.17. The molecule has 0 amide bonds. The van der Waals surface area contributed by atoms with Crippen LogP contribution >= 0.6 is 11.3 Å². The van der Waals surface area contributed by atoms with Crippen molar-refractivity contribution in [3.8, 4) is 0 Å². The first kappa shape index (κ1) is 14.6. The van der Waals surface area contributed by atoms with E-state index in [9.17, 15) is 0 Å². The molecule has 2 aromatic rings. The first-order valence-corrected chi connectivity index (χ1v) is 8.71. The highest BCUT2D eigenvalue weighted by Gasteiger charge is 2.28. The number of fused-ring (bicyclic) bond motifs is 1. The maximum Gasteiger partial charge on any atom is 0.226 e. The predicted molar refractivity (Wildman–Crippen MR) is 91.4 cm³/mol. The van der Waals surface area contributed by atoms with Crippen molar-refractivity contribution in [2.45, 2.75) is 58.4 Å². The monoisotopic (exact) mass is 304 g/mol. The van der Waals surface area contributed by atoms with E-state index in [1.807, 2.05) is 0 Å². The van der Waals surface area contributed by atoms with Crippen molar-refractivity contribution in [1.82, 2.24) is 9.97 Å². The lowest BCUT2D eigenvalue weighted by atomic mass is 9.83. The summed E-state index contributed by atoms with van der Waals surface area (Å²) >= 11 is 1.74. The topological polar surface area (TPSA) is 49.8 Å². The lowest BCUT2D eigenvalue weighted by Gasteiger charge is -2.35. The fraction of sp³-hybridized carbons (Fsp3) is 0.625. The van der Waals surface area contributed by atoms with Crippen LogP contribution in [0.2, 0.25) is 0 Å². The van der Waals surface area contributed by atoms with E-state index in [1.54, 1.807) is 11.3 Å². The molecule has 5 heteroatoms. The van der Waals surface area contributed by atoms with Crippen LogP contribution in [0.25, 0.3) is 10.2 Å². The highest BCUT2D eigenvalue weighted by Crippen LogP contribution is 2.35. The zero-order valence-electron chi connectivity index (χ0n) is 13.1. The molecule has 3 rings (SSSR count). The third kappa shape index (κ3) is 3.12. The second-order valence-corrected chi connectivity index (χ2v) is 7.48. The summed E-state index contributed by atoms with van der Waals surface area (Å²) in [4.78, 5) is 11.7. The first-order valence-electron chi connectivity index (χ1n) is 7.90. The molecule has 4 nitrogen and oxygen atoms in total. The highest BCUT2D eigenvalue weighted by molar-refractivity contribution is 7.18. The van der Waals surface area contributed by atoms with Crippen LogP contribution in [0.1, 0.15) is 50.8 Å². The van der Waals surface area contributed by atoms with Gasteiger partial charge in [-0.3, -0.25) is 0 Å². The molecule has 0 atom stereocenters. The number of anilines is 2. The molecule has 1 saturated carbocycles. The van der Waals surface area contributed by atoms with Crippen molar-refractivity contribution in [3.05, 3.63) is 10.9 Å². The van der Waals surface area contributed by atoms with E-state index in [-0.39, 0.29) is 5.54 Å². The van der Waals surface area contributed by atoms with E-state index in [0.717, 1.165) is 28.5 Å². The molecule has 2 heterocycles. The molecule has 0 saturated heterocycles. The SMILES string of the molecule is CCNc1nc(NC2(C)CCCCC2)c2cc(C)sc2n1. The molecule has 0 unspecified atom stereocenters. The fourth-order valence-corrected chi connectivity index (χ4v) is 4.00. The Labute approximate surface area is 130 Å². The number of aryl methyl sites for hydroxylation is 1. The van der Waals surface area contributed by atoms with Gasteiger partial charge in [-0.1, -0.05) is 19.3 Å². The Hall–Kier alpha value is -1.36. The Balaban J connectivity index is 1.98. The van der Waals surface area contributed by atoms with Gasteiger partial charge in [-0.15, -0.1) is 11.3 Å². The van der Waals surface area contributed by atoms with Crippen LogP contribution in [0, 0.1) is 6.92 Å². The zero-order chi connectivity index (χ0) is 14.9. The second kappa shape index (κ2) is 5.79. The Morgan fingerprint density at radius 1 is 1.24 bits per heavy atom. The number of thiophene rings is 1. The van der Waals surface area contributed by atoms with Crippen molar-refractivity contribution < 1.29 is 0 Å². The summed E-state index contributed by atoms with van der Waals surface area (Å²) in [6.45, 7) is 7.37. The summed E-state index contributed by atoms with van der Waals surface area (Å²) < 4.78 is 0. The second-order valence-electron chi connectivity index (χ2n) is 6.25. The summed E-state index contributed by atoms with van der Waals surface area (Å²) in [5, 5.41) is 8.13. The summed E-state index contributed by atoms with van der Waals surface area (Å²) in [5.74, 6) is 1.72. The van der Waals surface area contributed by atoms with Gasteiger partial charge >= 0.3 is 0 Å². The van der Waals surface area contributed by atoms with E-state index in [1.165, 1.54) is 37.0 Å². The predicted octanol–water partition coefficient (Wildman–Crippen LogP) is 4.57. The third-order valence-electron chi connectivity index (χ3n) is 4.23. The van der Waals surface area contributed by atoms with E-state index in [2.05, 4.69) is 42.5 Å². The van der Waals surface area contributed by atoms with Gasteiger partial charge in [-0.2, -0.15) is 4.98 Å². The number of aromatic nitrogens is 2. The van der Waals surface area contributed by atoms with Crippen LogP contribution in [-0.4, -0.2) is 22.1 Å². The van der Waals surface area contributed by atoms with Gasteiger partial charge in [0.05, 0.1) is 5.39 Å². The molecule has 0 aromatic carbocycles. The molecule has 21 heavy (non-hydrogen) atoms. The van der Waals surface area contributed by atoms with Crippen LogP contribution in [0.3, 0.4) is 0 Å². The molecular formula is C16H24N4S. The van der Waals surface area contributed by atoms with Crippen LogP contribution in [0.15, 0.2) is 6.07 Å². The average Bonchev–Trinajstić information content (AvgIpc) is 2.80. The van der Waals surface area contributed by atoms with Crippen molar-refractivity contribution in [1.29, 1.82) is 0 Å². The Morgan fingerprint density at radius 2 is 2.00 bits per heavy atom. The summed E-state index contributed by atoms with van der Waals surface area (Å²) in [7, 11) is 0. The van der Waals surface area contributed by atoms with Gasteiger partial charge in [-0.25, -0.2) is 4.98 Å². The van der Waals surface area contributed by atoms with Gasteiger partial charge in [0.1, 0.15) is 10.6 Å². The van der Waals surface area contributed by atoms with Crippen LogP contribution in [-0.2, 0) is 0 Å².